The van der Waals surface area contributed by atoms with Crippen LogP contribution in [0.25, 0.3) is 21.3 Å². The molecule has 1 aromatic carbocycles. The van der Waals surface area contributed by atoms with Crippen molar-refractivity contribution in [1.82, 2.24) is 14.8 Å². The highest BCUT2D eigenvalue weighted by molar-refractivity contribution is 7.17. The number of aryl methyl sites for hydroxylation is 1. The second-order valence-corrected chi connectivity index (χ2v) is 5.86. The molecule has 0 radical (unpaired) electrons. The molecule has 0 unspecified atom stereocenters. The van der Waals surface area contributed by atoms with Gasteiger partial charge < -0.3 is 4.74 Å². The lowest BCUT2D eigenvalue weighted by molar-refractivity contribution is 0.469. The van der Waals surface area contributed by atoms with E-state index in [1.54, 1.807) is 23.7 Å². The molecule has 0 aliphatic carbocycles. The van der Waals surface area contributed by atoms with Crippen molar-refractivity contribution in [3.63, 3.8) is 0 Å². The van der Waals surface area contributed by atoms with Gasteiger partial charge in [-0.05, 0) is 47.8 Å². The largest absolute Gasteiger partial charge is 0.438 e. The van der Waals surface area contributed by atoms with E-state index in [0.29, 0.717) is 5.88 Å². The minimum atomic E-state index is 0.645. The molecule has 4 nitrogen and oxygen atoms in total. The van der Waals surface area contributed by atoms with Crippen LogP contribution in [0.5, 0.6) is 11.6 Å². The lowest BCUT2D eigenvalue weighted by Crippen LogP contribution is -1.93. The molecule has 0 aliphatic rings. The summed E-state index contributed by atoms with van der Waals surface area (Å²) in [5, 5.41) is 7.28. The van der Waals surface area contributed by atoms with Crippen molar-refractivity contribution in [2.24, 2.45) is 7.05 Å². The molecule has 108 valence electrons. The van der Waals surface area contributed by atoms with Crippen LogP contribution in [0.1, 0.15) is 0 Å². The summed E-state index contributed by atoms with van der Waals surface area (Å²) in [6.45, 7) is 0. The Labute approximate surface area is 131 Å². The number of thiophene rings is 1. The predicted molar refractivity (Wildman–Crippen MR) is 88.3 cm³/mol. The highest BCUT2D eigenvalue weighted by Crippen LogP contribution is 2.31. The van der Waals surface area contributed by atoms with Crippen LogP contribution in [0.3, 0.4) is 0 Å². The number of rotatable bonds is 3. The smallest absolute Gasteiger partial charge is 0.227 e. The first-order valence-corrected chi connectivity index (χ1v) is 7.78. The number of pyridine rings is 1. The van der Waals surface area contributed by atoms with E-state index in [2.05, 4.69) is 10.1 Å². The van der Waals surface area contributed by atoms with Crippen molar-refractivity contribution in [3.05, 3.63) is 60.2 Å². The molecule has 0 fully saturated rings. The van der Waals surface area contributed by atoms with Crippen molar-refractivity contribution in [1.29, 1.82) is 0 Å². The maximum absolute atomic E-state index is 5.93. The van der Waals surface area contributed by atoms with Gasteiger partial charge in [0, 0.05) is 29.7 Å². The number of benzene rings is 1. The van der Waals surface area contributed by atoms with Crippen LogP contribution in [-0.4, -0.2) is 14.8 Å². The summed E-state index contributed by atoms with van der Waals surface area (Å²) in [6.07, 6.45) is 3.57. The summed E-state index contributed by atoms with van der Waals surface area (Å²) >= 11 is 1.68. The highest BCUT2D eigenvalue weighted by atomic mass is 32.1. The van der Waals surface area contributed by atoms with Gasteiger partial charge in [-0.2, -0.15) is 5.10 Å². The van der Waals surface area contributed by atoms with Crippen LogP contribution in [-0.2, 0) is 7.05 Å². The summed E-state index contributed by atoms with van der Waals surface area (Å²) in [5.74, 6) is 1.42. The molecule has 0 amide bonds. The van der Waals surface area contributed by atoms with Gasteiger partial charge >= 0.3 is 0 Å². The van der Waals surface area contributed by atoms with Gasteiger partial charge in [-0.15, -0.1) is 11.3 Å². The van der Waals surface area contributed by atoms with Crippen LogP contribution in [0.15, 0.2) is 60.2 Å². The third-order valence-electron chi connectivity index (χ3n) is 3.53. The fraction of sp³-hybridized carbons (Fsp3) is 0.0588. The fourth-order valence-electron chi connectivity index (χ4n) is 2.41. The Morgan fingerprint density at radius 3 is 2.64 bits per heavy atom. The summed E-state index contributed by atoms with van der Waals surface area (Å²) in [4.78, 5) is 4.33. The summed E-state index contributed by atoms with van der Waals surface area (Å²) in [7, 11) is 1.93. The number of hydrogen-bond acceptors (Lipinski definition) is 4. The zero-order chi connectivity index (χ0) is 14.9. The average Bonchev–Trinajstić information content (AvgIpc) is 3.17. The van der Waals surface area contributed by atoms with E-state index < -0.39 is 0 Å². The summed E-state index contributed by atoms with van der Waals surface area (Å²) < 4.78 is 8.95. The monoisotopic (exact) mass is 307 g/mol. The predicted octanol–water partition coefficient (Wildman–Crippen LogP) is 4.49. The van der Waals surface area contributed by atoms with Gasteiger partial charge in [0.05, 0.1) is 11.1 Å². The Kier molecular flexibility index (Phi) is 3.12. The van der Waals surface area contributed by atoms with Crippen LogP contribution in [0, 0.1) is 0 Å². The Balaban J connectivity index is 1.64. The van der Waals surface area contributed by atoms with Gasteiger partial charge in [0.2, 0.25) is 5.88 Å². The molecule has 3 aromatic heterocycles. The molecular formula is C17H13N3OS. The van der Waals surface area contributed by atoms with E-state index in [4.69, 9.17) is 4.74 Å². The van der Waals surface area contributed by atoms with E-state index >= 15 is 0 Å². The maximum atomic E-state index is 5.93. The number of hydrogen-bond donors (Lipinski definition) is 0. The molecule has 0 N–H and O–H groups in total. The SMILES string of the molecule is Cn1nccc1-c1ccc(Oc2nccc3sccc23)cc1. The molecule has 5 heteroatoms. The minimum absolute atomic E-state index is 0.645. The first-order chi connectivity index (χ1) is 10.8. The lowest BCUT2D eigenvalue weighted by Gasteiger charge is -2.07. The molecule has 0 spiro atoms. The first kappa shape index (κ1) is 13.0. The van der Waals surface area contributed by atoms with E-state index in [9.17, 15) is 0 Å². The number of ether oxygens (including phenoxy) is 1. The van der Waals surface area contributed by atoms with Gasteiger partial charge in [0.15, 0.2) is 0 Å². The molecule has 3 heterocycles. The van der Waals surface area contributed by atoms with Gasteiger partial charge in [-0.3, -0.25) is 4.68 Å². The van der Waals surface area contributed by atoms with Gasteiger partial charge in [0.1, 0.15) is 5.75 Å². The lowest BCUT2D eigenvalue weighted by atomic mass is 10.1. The average molecular weight is 307 g/mol. The first-order valence-electron chi connectivity index (χ1n) is 6.90. The Hall–Kier alpha value is -2.66. The van der Waals surface area contributed by atoms with Crippen LogP contribution < -0.4 is 4.74 Å². The number of nitrogens with zero attached hydrogens (tertiary/aromatic N) is 3. The van der Waals surface area contributed by atoms with Crippen molar-refractivity contribution in [3.8, 4) is 22.9 Å². The Morgan fingerprint density at radius 2 is 1.86 bits per heavy atom. The molecule has 0 aliphatic heterocycles. The summed E-state index contributed by atoms with van der Waals surface area (Å²) in [5.41, 5.74) is 2.18. The van der Waals surface area contributed by atoms with Crippen LogP contribution >= 0.6 is 11.3 Å². The molecule has 0 saturated carbocycles. The second-order valence-electron chi connectivity index (χ2n) is 4.92. The number of fused-ring (bicyclic) bond motifs is 1. The van der Waals surface area contributed by atoms with Gasteiger partial charge in [-0.1, -0.05) is 0 Å². The molecule has 4 aromatic rings. The third kappa shape index (κ3) is 2.25. The minimum Gasteiger partial charge on any atom is -0.438 e. The van der Waals surface area contributed by atoms with Crippen molar-refractivity contribution in [2.45, 2.75) is 0 Å². The second kappa shape index (κ2) is 5.27. The topological polar surface area (TPSA) is 39.9 Å². The Morgan fingerprint density at radius 1 is 1.00 bits per heavy atom. The van der Waals surface area contributed by atoms with E-state index in [1.165, 1.54) is 4.70 Å². The molecule has 0 atom stereocenters. The van der Waals surface area contributed by atoms with Crippen LogP contribution in [0.4, 0.5) is 0 Å². The highest BCUT2D eigenvalue weighted by Gasteiger charge is 2.07. The third-order valence-corrected chi connectivity index (χ3v) is 4.41. The zero-order valence-corrected chi connectivity index (χ0v) is 12.7. The quantitative estimate of drug-likeness (QED) is 0.560. The van der Waals surface area contributed by atoms with Gasteiger partial charge in [0.25, 0.3) is 0 Å². The standard InChI is InChI=1S/C17H13N3OS/c1-20-15(6-10-19-20)12-2-4-13(5-3-12)21-17-14-8-11-22-16(14)7-9-18-17/h2-11H,1H3. The molecule has 0 saturated heterocycles. The zero-order valence-electron chi connectivity index (χ0n) is 11.9. The molecule has 4 rings (SSSR count). The Bertz CT molecular complexity index is 924. The van der Waals surface area contributed by atoms with E-state index in [0.717, 1.165) is 22.4 Å². The van der Waals surface area contributed by atoms with Crippen LogP contribution in [0.2, 0.25) is 0 Å². The molecular weight excluding hydrogens is 294 g/mol. The summed E-state index contributed by atoms with van der Waals surface area (Å²) in [6, 6.07) is 14.0. The van der Waals surface area contributed by atoms with Gasteiger partial charge in [-0.25, -0.2) is 4.98 Å². The van der Waals surface area contributed by atoms with Crippen molar-refractivity contribution in [2.75, 3.05) is 0 Å². The van der Waals surface area contributed by atoms with E-state index in [-0.39, 0.29) is 0 Å². The van der Waals surface area contributed by atoms with E-state index in [1.807, 2.05) is 59.6 Å². The van der Waals surface area contributed by atoms with Crippen molar-refractivity contribution < 1.29 is 4.74 Å². The number of aromatic nitrogens is 3. The van der Waals surface area contributed by atoms with Crippen molar-refractivity contribution >= 4 is 21.4 Å². The molecule has 0 bridgehead atoms. The normalized spacial score (nSPS) is 11.0. The molecule has 22 heavy (non-hydrogen) atoms. The maximum Gasteiger partial charge on any atom is 0.227 e. The fourth-order valence-corrected chi connectivity index (χ4v) is 3.19.